The normalized spacial score (nSPS) is 17.7. The average molecular weight is 355 g/mol. The third kappa shape index (κ3) is 3.22. The fourth-order valence-electron chi connectivity index (χ4n) is 2.94. The van der Waals surface area contributed by atoms with Crippen LogP contribution in [0.25, 0.3) is 10.8 Å². The second-order valence-corrected chi connectivity index (χ2v) is 7.87. The van der Waals surface area contributed by atoms with Crippen LogP contribution in [0.3, 0.4) is 0 Å². The number of piperazine rings is 1. The number of hydrogen-bond acceptors (Lipinski definition) is 4. The summed E-state index contributed by atoms with van der Waals surface area (Å²) in [6.45, 7) is 2.79. The van der Waals surface area contributed by atoms with Gasteiger partial charge in [-0.25, -0.2) is 8.42 Å². The van der Waals surface area contributed by atoms with E-state index in [0.717, 1.165) is 5.39 Å². The number of aliphatic hydroxyl groups excluding tert-OH is 1. The van der Waals surface area contributed by atoms with Crippen LogP contribution in [0.5, 0.6) is 0 Å². The molecular formula is C16H19ClN2O3S. The van der Waals surface area contributed by atoms with Gasteiger partial charge in [-0.2, -0.15) is 4.31 Å². The van der Waals surface area contributed by atoms with Crippen molar-refractivity contribution in [2.45, 2.75) is 4.90 Å². The first kappa shape index (κ1) is 16.7. The van der Waals surface area contributed by atoms with Gasteiger partial charge in [0, 0.05) is 48.5 Å². The van der Waals surface area contributed by atoms with Crippen LogP contribution >= 0.6 is 11.6 Å². The zero-order chi connectivity index (χ0) is 16.4. The fourth-order valence-corrected chi connectivity index (χ4v) is 4.81. The molecule has 0 atom stereocenters. The lowest BCUT2D eigenvalue weighted by Gasteiger charge is -2.33. The summed E-state index contributed by atoms with van der Waals surface area (Å²) in [5.74, 6) is 0. The van der Waals surface area contributed by atoms with E-state index in [-0.39, 0.29) is 6.61 Å². The topological polar surface area (TPSA) is 60.9 Å². The van der Waals surface area contributed by atoms with Gasteiger partial charge in [0.15, 0.2) is 0 Å². The van der Waals surface area contributed by atoms with Gasteiger partial charge in [-0.1, -0.05) is 35.9 Å². The number of β-amino-alcohol motifs (C(OH)–C–C–N with tert-alkyl or cyclic N) is 1. The molecule has 0 radical (unpaired) electrons. The Labute approximate surface area is 141 Å². The molecule has 0 unspecified atom stereocenters. The quantitative estimate of drug-likeness (QED) is 0.909. The minimum Gasteiger partial charge on any atom is -0.395 e. The number of sulfonamides is 1. The van der Waals surface area contributed by atoms with Crippen molar-refractivity contribution in [1.29, 1.82) is 0 Å². The number of nitrogens with zero attached hydrogens (tertiary/aromatic N) is 2. The Morgan fingerprint density at radius 1 is 1.00 bits per heavy atom. The SMILES string of the molecule is O=S(=O)(c1cccc2c(Cl)cccc12)N1CCN(CCO)CC1. The minimum absolute atomic E-state index is 0.0918. The lowest BCUT2D eigenvalue weighted by Crippen LogP contribution is -2.49. The Hall–Kier alpha value is -1.18. The summed E-state index contributed by atoms with van der Waals surface area (Å²) in [6.07, 6.45) is 0. The highest BCUT2D eigenvalue weighted by Crippen LogP contribution is 2.30. The maximum Gasteiger partial charge on any atom is 0.243 e. The zero-order valence-electron chi connectivity index (χ0n) is 12.7. The molecule has 0 aromatic heterocycles. The summed E-state index contributed by atoms with van der Waals surface area (Å²) in [5.41, 5.74) is 0. The van der Waals surface area contributed by atoms with Gasteiger partial charge in [0.2, 0.25) is 10.0 Å². The number of halogens is 1. The lowest BCUT2D eigenvalue weighted by molar-refractivity contribution is 0.151. The molecule has 1 saturated heterocycles. The van der Waals surface area contributed by atoms with Crippen LogP contribution in [0.15, 0.2) is 41.3 Å². The molecule has 0 aliphatic carbocycles. The van der Waals surface area contributed by atoms with E-state index in [1.807, 2.05) is 6.07 Å². The highest BCUT2D eigenvalue weighted by atomic mass is 35.5. The van der Waals surface area contributed by atoms with Gasteiger partial charge >= 0.3 is 0 Å². The molecule has 1 N–H and O–H groups in total. The van der Waals surface area contributed by atoms with Crippen molar-refractivity contribution >= 4 is 32.4 Å². The van der Waals surface area contributed by atoms with Gasteiger partial charge in [-0.15, -0.1) is 0 Å². The summed E-state index contributed by atoms with van der Waals surface area (Å²) >= 11 is 6.18. The summed E-state index contributed by atoms with van der Waals surface area (Å²) in [4.78, 5) is 2.36. The molecule has 1 aliphatic rings. The van der Waals surface area contributed by atoms with E-state index in [1.165, 1.54) is 4.31 Å². The molecule has 3 rings (SSSR count). The predicted molar refractivity (Wildman–Crippen MR) is 91.2 cm³/mol. The molecular weight excluding hydrogens is 336 g/mol. The monoisotopic (exact) mass is 354 g/mol. The van der Waals surface area contributed by atoms with Crippen LogP contribution in [0.2, 0.25) is 5.02 Å². The molecule has 5 nitrogen and oxygen atoms in total. The Kier molecular flexibility index (Phi) is 4.89. The molecule has 23 heavy (non-hydrogen) atoms. The van der Waals surface area contributed by atoms with E-state index in [2.05, 4.69) is 4.90 Å². The summed E-state index contributed by atoms with van der Waals surface area (Å²) in [6, 6.07) is 10.5. The average Bonchev–Trinajstić information content (AvgIpc) is 2.55. The van der Waals surface area contributed by atoms with Crippen LogP contribution in [-0.4, -0.2) is 62.1 Å². The molecule has 1 aliphatic heterocycles. The van der Waals surface area contributed by atoms with Crippen LogP contribution in [0.4, 0.5) is 0 Å². The van der Waals surface area contributed by atoms with Crippen molar-refractivity contribution in [3.8, 4) is 0 Å². The Morgan fingerprint density at radius 2 is 1.65 bits per heavy atom. The maximum atomic E-state index is 13.0. The molecule has 7 heteroatoms. The number of fused-ring (bicyclic) bond motifs is 1. The molecule has 124 valence electrons. The molecule has 0 amide bonds. The largest absolute Gasteiger partial charge is 0.395 e. The number of benzene rings is 2. The highest BCUT2D eigenvalue weighted by Gasteiger charge is 2.29. The van der Waals surface area contributed by atoms with E-state index >= 15 is 0 Å². The van der Waals surface area contributed by atoms with Crippen LogP contribution in [0, 0.1) is 0 Å². The standard InChI is InChI=1S/C16H19ClN2O3S/c17-15-5-1-4-14-13(15)3-2-6-16(14)23(21,22)19-9-7-18(8-10-19)11-12-20/h1-6,20H,7-12H2. The first-order valence-corrected chi connectivity index (χ1v) is 9.36. The van der Waals surface area contributed by atoms with Crippen molar-refractivity contribution in [2.75, 3.05) is 39.3 Å². The number of aliphatic hydroxyl groups is 1. The Balaban J connectivity index is 1.94. The summed E-state index contributed by atoms with van der Waals surface area (Å²) in [5, 5.41) is 10.9. The first-order valence-electron chi connectivity index (χ1n) is 7.54. The molecule has 0 spiro atoms. The van der Waals surface area contributed by atoms with Crippen LogP contribution < -0.4 is 0 Å². The third-order valence-corrected chi connectivity index (χ3v) is 6.48. The molecule has 1 heterocycles. The van der Waals surface area contributed by atoms with Crippen LogP contribution in [-0.2, 0) is 10.0 Å². The Bertz CT molecular complexity index is 802. The molecule has 1 fully saturated rings. The fraction of sp³-hybridized carbons (Fsp3) is 0.375. The van der Waals surface area contributed by atoms with Gasteiger partial charge < -0.3 is 5.11 Å². The van der Waals surface area contributed by atoms with E-state index in [9.17, 15) is 8.42 Å². The third-order valence-electron chi connectivity index (χ3n) is 4.19. The van der Waals surface area contributed by atoms with E-state index in [1.54, 1.807) is 30.3 Å². The molecule has 0 saturated carbocycles. The van der Waals surface area contributed by atoms with E-state index in [4.69, 9.17) is 16.7 Å². The van der Waals surface area contributed by atoms with Crippen molar-refractivity contribution in [3.63, 3.8) is 0 Å². The minimum atomic E-state index is -3.56. The predicted octanol–water partition coefficient (Wildman–Crippen LogP) is 1.79. The van der Waals surface area contributed by atoms with Crippen LogP contribution in [0.1, 0.15) is 0 Å². The maximum absolute atomic E-state index is 13.0. The first-order chi connectivity index (χ1) is 11.0. The number of rotatable bonds is 4. The van der Waals surface area contributed by atoms with Gasteiger partial charge in [-0.3, -0.25) is 4.90 Å². The van der Waals surface area contributed by atoms with Gasteiger partial charge in [0.1, 0.15) is 0 Å². The van der Waals surface area contributed by atoms with Crippen molar-refractivity contribution in [2.24, 2.45) is 0 Å². The van der Waals surface area contributed by atoms with Gasteiger partial charge in [-0.05, 0) is 12.1 Å². The zero-order valence-corrected chi connectivity index (χ0v) is 14.2. The number of hydrogen-bond donors (Lipinski definition) is 1. The van der Waals surface area contributed by atoms with Gasteiger partial charge in [0.25, 0.3) is 0 Å². The highest BCUT2D eigenvalue weighted by molar-refractivity contribution is 7.89. The smallest absolute Gasteiger partial charge is 0.243 e. The van der Waals surface area contributed by atoms with Crippen molar-refractivity contribution in [1.82, 2.24) is 9.21 Å². The lowest BCUT2D eigenvalue weighted by atomic mass is 10.1. The summed E-state index contributed by atoms with van der Waals surface area (Å²) in [7, 11) is -3.56. The molecule has 2 aromatic carbocycles. The summed E-state index contributed by atoms with van der Waals surface area (Å²) < 4.78 is 27.5. The van der Waals surface area contributed by atoms with Crippen molar-refractivity contribution in [3.05, 3.63) is 41.4 Å². The molecule has 2 aromatic rings. The molecule has 0 bridgehead atoms. The second-order valence-electron chi connectivity index (χ2n) is 5.56. The van der Waals surface area contributed by atoms with E-state index in [0.29, 0.717) is 48.0 Å². The second kappa shape index (κ2) is 6.75. The van der Waals surface area contributed by atoms with Crippen molar-refractivity contribution < 1.29 is 13.5 Å². The Morgan fingerprint density at radius 3 is 2.35 bits per heavy atom. The van der Waals surface area contributed by atoms with Gasteiger partial charge in [0.05, 0.1) is 11.5 Å². The van der Waals surface area contributed by atoms with E-state index < -0.39 is 10.0 Å².